The Morgan fingerprint density at radius 3 is 2.77 bits per heavy atom. The fraction of sp³-hybridized carbons (Fsp3) is 0.348. The van der Waals surface area contributed by atoms with Gasteiger partial charge in [0.2, 0.25) is 0 Å². The monoisotopic (exact) mass is 422 g/mol. The van der Waals surface area contributed by atoms with Crippen LogP contribution in [0.4, 0.5) is 0 Å². The number of aromatic nitrogens is 2. The number of hydrogen-bond donors (Lipinski definition) is 1. The molecule has 0 bridgehead atoms. The van der Waals surface area contributed by atoms with Crippen LogP contribution in [0.1, 0.15) is 37.0 Å². The molecule has 31 heavy (non-hydrogen) atoms. The molecule has 1 aromatic carbocycles. The normalized spacial score (nSPS) is 18.9. The van der Waals surface area contributed by atoms with Gasteiger partial charge < -0.3 is 19.3 Å². The van der Waals surface area contributed by atoms with Gasteiger partial charge in [-0.15, -0.1) is 0 Å². The number of methoxy groups -OCH3 is 1. The van der Waals surface area contributed by atoms with Crippen LogP contribution in [0.15, 0.2) is 29.1 Å². The quantitative estimate of drug-likeness (QED) is 0.504. The average Bonchev–Trinajstić information content (AvgIpc) is 3.15. The second-order valence-corrected chi connectivity index (χ2v) is 7.70. The van der Waals surface area contributed by atoms with Crippen LogP contribution in [-0.2, 0) is 28.3 Å². The fourth-order valence-corrected chi connectivity index (χ4v) is 4.49. The highest BCUT2D eigenvalue weighted by Gasteiger charge is 2.48. The molecule has 8 nitrogen and oxygen atoms in total. The largest absolute Gasteiger partial charge is 0.497 e. The number of carbonyl (C=O) groups is 1. The van der Waals surface area contributed by atoms with Gasteiger partial charge in [0.25, 0.3) is 5.56 Å². The van der Waals surface area contributed by atoms with Gasteiger partial charge in [-0.05, 0) is 37.6 Å². The molecule has 0 unspecified atom stereocenters. The Morgan fingerprint density at radius 1 is 1.26 bits per heavy atom. The number of aliphatic hydroxyl groups is 1. The van der Waals surface area contributed by atoms with E-state index in [4.69, 9.17) is 19.2 Å². The van der Waals surface area contributed by atoms with Crippen molar-refractivity contribution >= 4 is 16.9 Å². The van der Waals surface area contributed by atoms with Crippen LogP contribution in [0.2, 0.25) is 0 Å². The van der Waals surface area contributed by atoms with Gasteiger partial charge in [0.05, 0.1) is 42.6 Å². The van der Waals surface area contributed by atoms with Crippen molar-refractivity contribution in [3.05, 3.63) is 51.3 Å². The van der Waals surface area contributed by atoms with Crippen LogP contribution in [0.25, 0.3) is 22.3 Å². The summed E-state index contributed by atoms with van der Waals surface area (Å²) in [5.74, 6) is 0.262. The van der Waals surface area contributed by atoms with Crippen LogP contribution in [0.5, 0.6) is 11.5 Å². The molecule has 0 amide bonds. The molecule has 160 valence electrons. The first-order valence-corrected chi connectivity index (χ1v) is 10.2. The number of rotatable bonds is 4. The van der Waals surface area contributed by atoms with Gasteiger partial charge in [0.15, 0.2) is 11.4 Å². The highest BCUT2D eigenvalue weighted by molar-refractivity contribution is 5.89. The van der Waals surface area contributed by atoms with Crippen molar-refractivity contribution in [3.63, 3.8) is 0 Å². The molecule has 0 spiro atoms. The molecule has 0 fully saturated rings. The van der Waals surface area contributed by atoms with Crippen molar-refractivity contribution in [1.29, 1.82) is 0 Å². The minimum Gasteiger partial charge on any atom is -0.497 e. The first-order valence-electron chi connectivity index (χ1n) is 10.2. The van der Waals surface area contributed by atoms with Crippen molar-refractivity contribution < 1.29 is 24.1 Å². The Bertz CT molecular complexity index is 1310. The SMILES string of the molecule is CCOc1c2c(c(=O)n3c1-c1nc4ccc(OC)cc4cc1C3)COC(=O)[C@]2(O)CC. The van der Waals surface area contributed by atoms with E-state index in [1.54, 1.807) is 18.6 Å². The summed E-state index contributed by atoms with van der Waals surface area (Å²) >= 11 is 0. The van der Waals surface area contributed by atoms with Crippen molar-refractivity contribution in [1.82, 2.24) is 9.55 Å². The zero-order valence-electron chi connectivity index (χ0n) is 17.5. The Morgan fingerprint density at radius 2 is 2.06 bits per heavy atom. The van der Waals surface area contributed by atoms with Gasteiger partial charge in [-0.1, -0.05) is 6.92 Å². The minimum atomic E-state index is -1.94. The first-order chi connectivity index (χ1) is 14.9. The zero-order valence-corrected chi connectivity index (χ0v) is 17.5. The lowest BCUT2D eigenvalue weighted by Gasteiger charge is -2.33. The van der Waals surface area contributed by atoms with Crippen molar-refractivity contribution in [2.24, 2.45) is 0 Å². The third-order valence-electron chi connectivity index (χ3n) is 6.07. The molecule has 0 saturated carbocycles. The summed E-state index contributed by atoms with van der Waals surface area (Å²) in [6.45, 7) is 3.90. The van der Waals surface area contributed by atoms with Crippen LogP contribution >= 0.6 is 0 Å². The molecule has 2 aromatic heterocycles. The molecule has 2 aliphatic rings. The summed E-state index contributed by atoms with van der Waals surface area (Å²) < 4.78 is 18.0. The highest BCUT2D eigenvalue weighted by atomic mass is 16.6. The predicted octanol–water partition coefficient (Wildman–Crippen LogP) is 2.49. The van der Waals surface area contributed by atoms with Gasteiger partial charge in [0.1, 0.15) is 18.1 Å². The highest BCUT2D eigenvalue weighted by Crippen LogP contribution is 2.46. The third-order valence-corrected chi connectivity index (χ3v) is 6.07. The molecule has 0 saturated heterocycles. The predicted molar refractivity (Wildman–Crippen MR) is 112 cm³/mol. The Kier molecular flexibility index (Phi) is 4.30. The maximum absolute atomic E-state index is 13.4. The van der Waals surface area contributed by atoms with Crippen LogP contribution < -0.4 is 15.0 Å². The molecule has 8 heteroatoms. The Hall–Kier alpha value is -3.39. The number of carbonyl (C=O) groups excluding carboxylic acids is 1. The number of cyclic esters (lactones) is 1. The number of pyridine rings is 2. The van der Waals surface area contributed by atoms with E-state index in [-0.39, 0.29) is 29.7 Å². The third kappa shape index (κ3) is 2.61. The Labute approximate surface area is 178 Å². The lowest BCUT2D eigenvalue weighted by atomic mass is 9.85. The number of fused-ring (bicyclic) bond motifs is 5. The van der Waals surface area contributed by atoms with Crippen LogP contribution in [0.3, 0.4) is 0 Å². The fourth-order valence-electron chi connectivity index (χ4n) is 4.49. The van der Waals surface area contributed by atoms with E-state index in [0.717, 1.165) is 22.2 Å². The topological polar surface area (TPSA) is 99.9 Å². The Balaban J connectivity index is 1.85. The van der Waals surface area contributed by atoms with Gasteiger partial charge in [0, 0.05) is 10.9 Å². The van der Waals surface area contributed by atoms with E-state index in [1.165, 1.54) is 0 Å². The maximum Gasteiger partial charge on any atom is 0.343 e. The van der Waals surface area contributed by atoms with Crippen molar-refractivity contribution in [3.8, 4) is 22.9 Å². The summed E-state index contributed by atoms with van der Waals surface area (Å²) in [6.07, 6.45) is 0.0552. The molecule has 0 aliphatic carbocycles. The lowest BCUT2D eigenvalue weighted by molar-refractivity contribution is -0.172. The second-order valence-electron chi connectivity index (χ2n) is 7.70. The molecule has 0 radical (unpaired) electrons. The molecular weight excluding hydrogens is 400 g/mol. The van der Waals surface area contributed by atoms with Gasteiger partial charge in [-0.2, -0.15) is 0 Å². The summed E-state index contributed by atoms with van der Waals surface area (Å²) in [5.41, 5.74) is 0.883. The minimum absolute atomic E-state index is 0.0552. The maximum atomic E-state index is 13.4. The molecule has 2 aliphatic heterocycles. The summed E-state index contributed by atoms with van der Waals surface area (Å²) in [7, 11) is 1.61. The molecule has 5 rings (SSSR count). The standard InChI is InChI=1S/C23H22N2O6/c1-4-23(28)17-15(11-31-22(23)27)21(26)25-10-13-8-12-9-14(29-3)6-7-16(12)24-18(13)19(25)20(17)30-5-2/h6-9,28H,4-5,10-11H2,1-3H3/t23-/m0/s1. The lowest BCUT2D eigenvalue weighted by Crippen LogP contribution is -2.45. The zero-order chi connectivity index (χ0) is 21.9. The van der Waals surface area contributed by atoms with E-state index in [0.29, 0.717) is 30.3 Å². The van der Waals surface area contributed by atoms with E-state index < -0.39 is 11.6 Å². The number of benzene rings is 1. The first kappa shape index (κ1) is 19.6. The van der Waals surface area contributed by atoms with E-state index in [9.17, 15) is 14.7 Å². The summed E-state index contributed by atoms with van der Waals surface area (Å²) in [5, 5.41) is 12.1. The second kappa shape index (κ2) is 6.81. The van der Waals surface area contributed by atoms with Crippen LogP contribution in [0, 0.1) is 0 Å². The molecule has 1 atom stereocenters. The number of nitrogens with zero attached hydrogens (tertiary/aromatic N) is 2. The molecule has 3 aromatic rings. The van der Waals surface area contributed by atoms with Crippen molar-refractivity contribution in [2.75, 3.05) is 13.7 Å². The van der Waals surface area contributed by atoms with E-state index >= 15 is 0 Å². The number of esters is 1. The van der Waals surface area contributed by atoms with E-state index in [2.05, 4.69) is 0 Å². The van der Waals surface area contributed by atoms with Gasteiger partial charge in [-0.3, -0.25) is 9.36 Å². The smallest absolute Gasteiger partial charge is 0.343 e. The summed E-state index contributed by atoms with van der Waals surface area (Å²) in [6, 6.07) is 7.56. The summed E-state index contributed by atoms with van der Waals surface area (Å²) in [4.78, 5) is 30.7. The molecule has 4 heterocycles. The molecule has 1 N–H and O–H groups in total. The number of ether oxygens (including phenoxy) is 3. The molecular formula is C23H22N2O6. The van der Waals surface area contributed by atoms with Crippen molar-refractivity contribution in [2.45, 2.75) is 39.0 Å². The number of hydrogen-bond acceptors (Lipinski definition) is 7. The van der Waals surface area contributed by atoms with Gasteiger partial charge >= 0.3 is 5.97 Å². The average molecular weight is 422 g/mol. The van der Waals surface area contributed by atoms with Gasteiger partial charge in [-0.25, -0.2) is 9.78 Å². The van der Waals surface area contributed by atoms with Crippen LogP contribution in [-0.4, -0.2) is 34.3 Å². The van der Waals surface area contributed by atoms with E-state index in [1.807, 2.05) is 31.2 Å².